The zero-order chi connectivity index (χ0) is 15.7. The largest absolute Gasteiger partial charge is 0.508 e. The van der Waals surface area contributed by atoms with Crippen molar-refractivity contribution in [1.82, 2.24) is 0 Å². The van der Waals surface area contributed by atoms with Gasteiger partial charge in [0.25, 0.3) is 0 Å². The number of carbonyl (C=O) groups is 1. The fraction of sp³-hybridized carbons (Fsp3) is 0.263. The van der Waals surface area contributed by atoms with Gasteiger partial charge in [-0.3, -0.25) is 9.79 Å². The molecule has 0 aromatic heterocycles. The van der Waals surface area contributed by atoms with Gasteiger partial charge < -0.3 is 5.11 Å². The third-order valence-corrected chi connectivity index (χ3v) is 3.88. The molecule has 0 fully saturated rings. The highest BCUT2D eigenvalue weighted by Gasteiger charge is 2.28. The van der Waals surface area contributed by atoms with Crippen LogP contribution >= 0.6 is 0 Å². The summed E-state index contributed by atoms with van der Waals surface area (Å²) in [4.78, 5) is 17.2. The Hall–Kier alpha value is -2.42. The Balaban J connectivity index is 1.95. The van der Waals surface area contributed by atoms with Crippen molar-refractivity contribution in [2.45, 2.75) is 32.2 Å². The zero-order valence-electron chi connectivity index (χ0n) is 12.8. The molecule has 0 spiro atoms. The van der Waals surface area contributed by atoms with Crippen LogP contribution in [-0.4, -0.2) is 22.1 Å². The number of fused-ring (bicyclic) bond motifs is 1. The van der Waals surface area contributed by atoms with Gasteiger partial charge in [-0.25, -0.2) is 0 Å². The minimum Gasteiger partial charge on any atom is -0.508 e. The van der Waals surface area contributed by atoms with Crippen molar-refractivity contribution < 1.29 is 9.90 Å². The number of rotatable bonds is 3. The number of aromatic hydroxyl groups is 1. The molecule has 1 aliphatic rings. The summed E-state index contributed by atoms with van der Waals surface area (Å²) in [5.74, 6) is 0.321. The lowest BCUT2D eigenvalue weighted by molar-refractivity contribution is 0.100. The Bertz CT molecular complexity index is 745. The van der Waals surface area contributed by atoms with E-state index in [2.05, 4.69) is 0 Å². The number of nitrogens with zero attached hydrogens (tertiary/aromatic N) is 1. The van der Waals surface area contributed by atoms with Gasteiger partial charge in [0.15, 0.2) is 5.78 Å². The lowest BCUT2D eigenvalue weighted by Gasteiger charge is -2.29. The van der Waals surface area contributed by atoms with Crippen LogP contribution in [0.25, 0.3) is 0 Å². The Morgan fingerprint density at radius 3 is 2.64 bits per heavy atom. The molecule has 1 N–H and O–H groups in total. The number of carbonyl (C=O) groups excluding carboxylic acids is 1. The van der Waals surface area contributed by atoms with Crippen molar-refractivity contribution in [2.75, 3.05) is 0 Å². The van der Waals surface area contributed by atoms with E-state index in [1.165, 1.54) is 0 Å². The third kappa shape index (κ3) is 2.93. The van der Waals surface area contributed by atoms with Gasteiger partial charge in [-0.2, -0.15) is 0 Å². The van der Waals surface area contributed by atoms with Crippen LogP contribution < -0.4 is 0 Å². The number of phenolic OH excluding ortho intramolecular Hbond substituents is 1. The number of benzene rings is 2. The number of Topliss-reactive ketones (excluding diaryl/α,β-unsaturated/α-hetero) is 1. The summed E-state index contributed by atoms with van der Waals surface area (Å²) in [6, 6.07) is 14.6. The quantitative estimate of drug-likeness (QED) is 0.875. The molecular weight excluding hydrogens is 274 g/mol. The summed E-state index contributed by atoms with van der Waals surface area (Å²) in [5.41, 5.74) is 3.28. The monoisotopic (exact) mass is 293 g/mol. The first-order chi connectivity index (χ1) is 10.4. The van der Waals surface area contributed by atoms with Crippen LogP contribution in [0.3, 0.4) is 0 Å². The fourth-order valence-corrected chi connectivity index (χ4v) is 2.95. The zero-order valence-corrected chi connectivity index (χ0v) is 12.8. The van der Waals surface area contributed by atoms with E-state index in [-0.39, 0.29) is 23.5 Å². The number of phenols is 1. The number of hydrogen-bond donors (Lipinski definition) is 1. The molecule has 112 valence electrons. The predicted octanol–water partition coefficient (Wildman–Crippen LogP) is 3.79. The van der Waals surface area contributed by atoms with E-state index in [1.807, 2.05) is 50.2 Å². The Morgan fingerprint density at radius 1 is 1.18 bits per heavy atom. The molecule has 2 aromatic rings. The van der Waals surface area contributed by atoms with E-state index in [1.54, 1.807) is 12.1 Å². The van der Waals surface area contributed by atoms with Crippen LogP contribution in [0.4, 0.5) is 0 Å². The summed E-state index contributed by atoms with van der Waals surface area (Å²) in [5, 5.41) is 9.70. The molecule has 3 nitrogen and oxygen atoms in total. The summed E-state index contributed by atoms with van der Waals surface area (Å²) >= 11 is 0. The van der Waals surface area contributed by atoms with Gasteiger partial charge in [0, 0.05) is 5.56 Å². The third-order valence-electron chi connectivity index (χ3n) is 3.88. The van der Waals surface area contributed by atoms with E-state index >= 15 is 0 Å². The first kappa shape index (κ1) is 14.5. The van der Waals surface area contributed by atoms with Crippen molar-refractivity contribution in [3.05, 3.63) is 65.2 Å². The SMILES string of the molecule is CC1(C)Cc2cc(O)ccc2C(CC(=O)c2ccccc2)=N1. The summed E-state index contributed by atoms with van der Waals surface area (Å²) in [6.45, 7) is 4.10. The van der Waals surface area contributed by atoms with E-state index in [9.17, 15) is 9.90 Å². The fourth-order valence-electron chi connectivity index (χ4n) is 2.95. The first-order valence-electron chi connectivity index (χ1n) is 7.44. The molecule has 1 aliphatic heterocycles. The van der Waals surface area contributed by atoms with Gasteiger partial charge >= 0.3 is 0 Å². The van der Waals surface area contributed by atoms with Gasteiger partial charge in [-0.15, -0.1) is 0 Å². The molecule has 2 aromatic carbocycles. The highest BCUT2D eigenvalue weighted by atomic mass is 16.3. The molecule has 0 radical (unpaired) electrons. The smallest absolute Gasteiger partial charge is 0.168 e. The molecule has 0 unspecified atom stereocenters. The Kier molecular flexibility index (Phi) is 3.57. The molecule has 22 heavy (non-hydrogen) atoms. The average Bonchev–Trinajstić information content (AvgIpc) is 2.46. The van der Waals surface area contributed by atoms with E-state index in [4.69, 9.17) is 4.99 Å². The molecule has 0 saturated carbocycles. The molecule has 3 rings (SSSR count). The molecule has 3 heteroatoms. The summed E-state index contributed by atoms with van der Waals surface area (Å²) < 4.78 is 0. The topological polar surface area (TPSA) is 49.7 Å². The first-order valence-corrected chi connectivity index (χ1v) is 7.44. The Labute approximate surface area is 130 Å². The number of aliphatic imine (C=N–C) groups is 1. The number of hydrogen-bond acceptors (Lipinski definition) is 3. The standard InChI is InChI=1S/C19H19NO2/c1-19(2)12-14-10-15(21)8-9-16(14)17(20-19)11-18(22)13-6-4-3-5-7-13/h3-10,21H,11-12H2,1-2H3. The maximum absolute atomic E-state index is 12.5. The highest BCUT2D eigenvalue weighted by Crippen LogP contribution is 2.30. The predicted molar refractivity (Wildman–Crippen MR) is 87.8 cm³/mol. The van der Waals surface area contributed by atoms with Crippen LogP contribution in [0, 0.1) is 0 Å². The van der Waals surface area contributed by atoms with Crippen LogP contribution in [0.1, 0.15) is 41.8 Å². The molecule has 0 aliphatic carbocycles. The van der Waals surface area contributed by atoms with E-state index < -0.39 is 0 Å². The Morgan fingerprint density at radius 2 is 1.91 bits per heavy atom. The molecular formula is C19H19NO2. The van der Waals surface area contributed by atoms with Crippen molar-refractivity contribution >= 4 is 11.5 Å². The van der Waals surface area contributed by atoms with Crippen LogP contribution in [-0.2, 0) is 6.42 Å². The lowest BCUT2D eigenvalue weighted by Crippen LogP contribution is -2.30. The molecule has 0 bridgehead atoms. The van der Waals surface area contributed by atoms with Crippen molar-refractivity contribution in [2.24, 2.45) is 4.99 Å². The molecule has 0 amide bonds. The van der Waals surface area contributed by atoms with Gasteiger partial charge in [-0.1, -0.05) is 30.3 Å². The molecule has 0 saturated heterocycles. The summed E-state index contributed by atoms with van der Waals surface area (Å²) in [7, 11) is 0. The second-order valence-corrected chi connectivity index (χ2v) is 6.36. The second kappa shape index (κ2) is 5.41. The van der Waals surface area contributed by atoms with Crippen molar-refractivity contribution in [1.29, 1.82) is 0 Å². The molecule has 1 heterocycles. The van der Waals surface area contributed by atoms with Crippen LogP contribution in [0.2, 0.25) is 0 Å². The van der Waals surface area contributed by atoms with E-state index in [0.717, 1.165) is 23.3 Å². The highest BCUT2D eigenvalue weighted by molar-refractivity contribution is 6.16. The van der Waals surface area contributed by atoms with Crippen molar-refractivity contribution in [3.8, 4) is 5.75 Å². The van der Waals surface area contributed by atoms with Gasteiger partial charge in [0.1, 0.15) is 5.75 Å². The van der Waals surface area contributed by atoms with Crippen molar-refractivity contribution in [3.63, 3.8) is 0 Å². The normalized spacial score (nSPS) is 15.8. The average molecular weight is 293 g/mol. The van der Waals surface area contributed by atoms with E-state index in [0.29, 0.717) is 5.56 Å². The number of ketones is 1. The van der Waals surface area contributed by atoms with Crippen LogP contribution in [0.15, 0.2) is 53.5 Å². The van der Waals surface area contributed by atoms with Gasteiger partial charge in [-0.05, 0) is 49.6 Å². The minimum absolute atomic E-state index is 0.0658. The van der Waals surface area contributed by atoms with Gasteiger partial charge in [0.05, 0.1) is 17.7 Å². The minimum atomic E-state index is -0.257. The maximum Gasteiger partial charge on any atom is 0.168 e. The molecule has 0 atom stereocenters. The lowest BCUT2D eigenvalue weighted by atomic mass is 9.85. The van der Waals surface area contributed by atoms with Crippen LogP contribution in [0.5, 0.6) is 5.75 Å². The summed E-state index contributed by atoms with van der Waals surface area (Å²) in [6.07, 6.45) is 1.05. The second-order valence-electron chi connectivity index (χ2n) is 6.36. The maximum atomic E-state index is 12.5. The van der Waals surface area contributed by atoms with Gasteiger partial charge in [0.2, 0.25) is 0 Å².